The van der Waals surface area contributed by atoms with E-state index >= 15 is 0 Å². The number of nitrogens with one attached hydrogen (secondary N) is 1. The van der Waals surface area contributed by atoms with Crippen LogP contribution in [0.15, 0.2) is 60.7 Å². The summed E-state index contributed by atoms with van der Waals surface area (Å²) in [5.74, 6) is -0.174. The van der Waals surface area contributed by atoms with Gasteiger partial charge in [-0.25, -0.2) is 4.79 Å². The molecule has 2 aromatic carbocycles. The third-order valence-corrected chi connectivity index (χ3v) is 3.22. The summed E-state index contributed by atoms with van der Waals surface area (Å²) in [5, 5.41) is 0. The number of methoxy groups -OCH3 is 1. The fourth-order valence-corrected chi connectivity index (χ4v) is 2.23. The van der Waals surface area contributed by atoms with E-state index in [2.05, 4.69) is 24.3 Å². The summed E-state index contributed by atoms with van der Waals surface area (Å²) < 4.78 is 4.80. The molecule has 0 saturated carbocycles. The van der Waals surface area contributed by atoms with Gasteiger partial charge in [0.15, 0.2) is 6.54 Å². The van der Waals surface area contributed by atoms with Crippen LogP contribution in [-0.4, -0.2) is 19.6 Å². The highest BCUT2D eigenvalue weighted by molar-refractivity contribution is 5.70. The number of ether oxygens (including phenoxy) is 1. The number of hydrogen-bond donors (Lipinski definition) is 1. The number of carbonyl (C=O) groups is 1. The molecule has 0 aliphatic rings. The van der Waals surface area contributed by atoms with Crippen molar-refractivity contribution in [3.63, 3.8) is 0 Å². The molecule has 1 N–H and O–H groups in total. The zero-order chi connectivity index (χ0) is 14.2. The van der Waals surface area contributed by atoms with Gasteiger partial charge in [-0.05, 0) is 0 Å². The molecule has 0 unspecified atom stereocenters. The van der Waals surface area contributed by atoms with Crippen molar-refractivity contribution >= 4 is 5.97 Å². The highest BCUT2D eigenvalue weighted by atomic mass is 16.5. The summed E-state index contributed by atoms with van der Waals surface area (Å²) in [5.41, 5.74) is 2.45. The standard InChI is InChI=1S/C17H19NO2/c1-20-17(19)14-18(12-15-8-4-2-5-9-15)13-16-10-6-3-7-11-16/h2-11H,12-14H2,1H3/p+1. The van der Waals surface area contributed by atoms with Crippen molar-refractivity contribution in [2.24, 2.45) is 0 Å². The van der Waals surface area contributed by atoms with Crippen LogP contribution in [-0.2, 0) is 22.6 Å². The highest BCUT2D eigenvalue weighted by Crippen LogP contribution is 1.98. The lowest BCUT2D eigenvalue weighted by atomic mass is 10.1. The normalized spacial score (nSPS) is 10.5. The van der Waals surface area contributed by atoms with E-state index in [1.165, 1.54) is 23.1 Å². The zero-order valence-corrected chi connectivity index (χ0v) is 11.7. The van der Waals surface area contributed by atoms with Gasteiger partial charge in [0.25, 0.3) is 0 Å². The van der Waals surface area contributed by atoms with Crippen molar-refractivity contribution in [2.75, 3.05) is 13.7 Å². The van der Waals surface area contributed by atoms with Crippen LogP contribution in [0, 0.1) is 0 Å². The van der Waals surface area contributed by atoms with Crippen LogP contribution >= 0.6 is 0 Å². The summed E-state index contributed by atoms with van der Waals surface area (Å²) in [7, 11) is 1.44. The van der Waals surface area contributed by atoms with E-state index in [1.807, 2.05) is 36.4 Å². The molecule has 0 heterocycles. The first-order valence-corrected chi connectivity index (χ1v) is 6.76. The van der Waals surface area contributed by atoms with Crippen LogP contribution in [0.4, 0.5) is 0 Å². The van der Waals surface area contributed by atoms with Crippen LogP contribution in [0.25, 0.3) is 0 Å². The first kappa shape index (κ1) is 14.3. The first-order valence-electron chi connectivity index (χ1n) is 6.76. The molecule has 2 aromatic rings. The molecule has 0 saturated heterocycles. The topological polar surface area (TPSA) is 30.7 Å². The average Bonchev–Trinajstić information content (AvgIpc) is 2.49. The Morgan fingerprint density at radius 3 is 1.75 bits per heavy atom. The summed E-state index contributed by atoms with van der Waals surface area (Å²) in [4.78, 5) is 12.7. The first-order chi connectivity index (χ1) is 9.78. The van der Waals surface area contributed by atoms with Crippen molar-refractivity contribution < 1.29 is 14.4 Å². The molecule has 0 radical (unpaired) electrons. The quantitative estimate of drug-likeness (QED) is 0.805. The number of benzene rings is 2. The molecule has 0 aliphatic carbocycles. The lowest BCUT2D eigenvalue weighted by Gasteiger charge is -2.18. The van der Waals surface area contributed by atoms with Crippen molar-refractivity contribution in [3.05, 3.63) is 71.8 Å². The molecule has 0 aliphatic heterocycles. The average molecular weight is 270 g/mol. The van der Waals surface area contributed by atoms with E-state index in [0.717, 1.165) is 13.1 Å². The smallest absolute Gasteiger partial charge is 0.361 e. The monoisotopic (exact) mass is 270 g/mol. The zero-order valence-electron chi connectivity index (χ0n) is 11.7. The van der Waals surface area contributed by atoms with Crippen molar-refractivity contribution in [2.45, 2.75) is 13.1 Å². The highest BCUT2D eigenvalue weighted by Gasteiger charge is 2.15. The van der Waals surface area contributed by atoms with E-state index in [9.17, 15) is 4.79 Å². The van der Waals surface area contributed by atoms with Gasteiger partial charge in [-0.3, -0.25) is 0 Å². The number of hydrogen-bond acceptors (Lipinski definition) is 2. The largest absolute Gasteiger partial charge is 0.465 e. The third-order valence-electron chi connectivity index (χ3n) is 3.22. The van der Waals surface area contributed by atoms with E-state index in [0.29, 0.717) is 6.54 Å². The molecule has 2 rings (SSSR count). The number of esters is 1. The predicted molar refractivity (Wildman–Crippen MR) is 78.1 cm³/mol. The van der Waals surface area contributed by atoms with Crippen molar-refractivity contribution in [1.29, 1.82) is 0 Å². The van der Waals surface area contributed by atoms with Crippen LogP contribution < -0.4 is 4.90 Å². The Bertz CT molecular complexity index is 484. The van der Waals surface area contributed by atoms with Crippen LogP contribution in [0.5, 0.6) is 0 Å². The summed E-state index contributed by atoms with van der Waals surface area (Å²) in [6.07, 6.45) is 0. The van der Waals surface area contributed by atoms with Crippen molar-refractivity contribution in [1.82, 2.24) is 0 Å². The number of rotatable bonds is 6. The number of quaternary nitrogens is 1. The maximum Gasteiger partial charge on any atom is 0.361 e. The predicted octanol–water partition coefficient (Wildman–Crippen LogP) is 1.44. The van der Waals surface area contributed by atoms with E-state index in [1.54, 1.807) is 0 Å². The molecule has 20 heavy (non-hydrogen) atoms. The second-order valence-electron chi connectivity index (χ2n) is 4.83. The molecular weight excluding hydrogens is 250 g/mol. The van der Waals surface area contributed by atoms with E-state index in [4.69, 9.17) is 4.74 Å². The van der Waals surface area contributed by atoms with Gasteiger partial charge in [-0.15, -0.1) is 0 Å². The molecule has 0 amide bonds. The SMILES string of the molecule is COC(=O)C[NH+](Cc1ccccc1)Cc1ccccc1. The van der Waals surface area contributed by atoms with Gasteiger partial charge >= 0.3 is 5.97 Å². The maximum atomic E-state index is 11.6. The number of carbonyl (C=O) groups excluding carboxylic acids is 1. The second kappa shape index (κ2) is 7.46. The summed E-state index contributed by atoms with van der Waals surface area (Å²) in [6.45, 7) is 2.00. The third kappa shape index (κ3) is 4.52. The molecule has 0 fully saturated rings. The fraction of sp³-hybridized carbons (Fsp3) is 0.235. The van der Waals surface area contributed by atoms with Crippen molar-refractivity contribution in [3.8, 4) is 0 Å². The lowest BCUT2D eigenvalue weighted by molar-refractivity contribution is -0.920. The van der Waals surface area contributed by atoms with Gasteiger partial charge in [0.2, 0.25) is 0 Å². The fourth-order valence-electron chi connectivity index (χ4n) is 2.23. The molecular formula is C17H20NO2+. The van der Waals surface area contributed by atoms with Gasteiger partial charge in [-0.1, -0.05) is 60.7 Å². The van der Waals surface area contributed by atoms with Gasteiger partial charge in [-0.2, -0.15) is 0 Å². The van der Waals surface area contributed by atoms with E-state index < -0.39 is 0 Å². The lowest BCUT2D eigenvalue weighted by Crippen LogP contribution is -3.10. The molecule has 0 spiro atoms. The Labute approximate surface area is 119 Å². The second-order valence-corrected chi connectivity index (χ2v) is 4.83. The molecule has 0 bridgehead atoms. The minimum Gasteiger partial charge on any atom is -0.465 e. The molecule has 3 heteroatoms. The Kier molecular flexibility index (Phi) is 5.33. The minimum atomic E-state index is -0.174. The summed E-state index contributed by atoms with van der Waals surface area (Å²) in [6, 6.07) is 20.4. The molecule has 0 aromatic heterocycles. The minimum absolute atomic E-state index is 0.174. The Morgan fingerprint density at radius 2 is 1.35 bits per heavy atom. The van der Waals surface area contributed by atoms with Gasteiger partial charge < -0.3 is 9.64 Å². The van der Waals surface area contributed by atoms with Crippen LogP contribution in [0.3, 0.4) is 0 Å². The Hall–Kier alpha value is -2.13. The molecule has 104 valence electrons. The van der Waals surface area contributed by atoms with Crippen LogP contribution in [0.1, 0.15) is 11.1 Å². The van der Waals surface area contributed by atoms with E-state index in [-0.39, 0.29) is 5.97 Å². The van der Waals surface area contributed by atoms with Gasteiger partial charge in [0, 0.05) is 11.1 Å². The molecule has 3 nitrogen and oxygen atoms in total. The molecule has 0 atom stereocenters. The van der Waals surface area contributed by atoms with Gasteiger partial charge in [0.1, 0.15) is 13.1 Å². The Balaban J connectivity index is 2.06. The maximum absolute atomic E-state index is 11.6. The Morgan fingerprint density at radius 1 is 0.900 bits per heavy atom. The van der Waals surface area contributed by atoms with Crippen LogP contribution in [0.2, 0.25) is 0 Å². The summed E-state index contributed by atoms with van der Waals surface area (Å²) >= 11 is 0. The van der Waals surface area contributed by atoms with Gasteiger partial charge in [0.05, 0.1) is 7.11 Å².